The van der Waals surface area contributed by atoms with Crippen molar-refractivity contribution < 1.29 is 0 Å². The number of rotatable bonds is 7. The molecule has 1 aliphatic rings. The first-order valence-corrected chi connectivity index (χ1v) is 7.66. The summed E-state index contributed by atoms with van der Waals surface area (Å²) in [6, 6.07) is 9.81. The summed E-state index contributed by atoms with van der Waals surface area (Å²) in [5.74, 6) is 1.16. The molecule has 0 atom stereocenters. The van der Waals surface area contributed by atoms with Gasteiger partial charge in [0.2, 0.25) is 0 Å². The first-order chi connectivity index (χ1) is 9.85. The third-order valence-corrected chi connectivity index (χ3v) is 3.92. The van der Waals surface area contributed by atoms with E-state index in [2.05, 4.69) is 52.3 Å². The Morgan fingerprint density at radius 1 is 1.20 bits per heavy atom. The third-order valence-electron chi connectivity index (χ3n) is 3.92. The number of imidazole rings is 1. The Bertz CT molecular complexity index is 538. The number of benzene rings is 1. The van der Waals surface area contributed by atoms with Crippen molar-refractivity contribution in [2.45, 2.75) is 45.2 Å². The second-order valence-corrected chi connectivity index (χ2v) is 5.62. The number of hydrogen-bond acceptors (Lipinski definition) is 2. The van der Waals surface area contributed by atoms with Crippen LogP contribution in [-0.2, 0) is 19.4 Å². The quantitative estimate of drug-likeness (QED) is 0.837. The summed E-state index contributed by atoms with van der Waals surface area (Å²) in [4.78, 5) is 4.37. The van der Waals surface area contributed by atoms with Gasteiger partial charge in [-0.25, -0.2) is 4.98 Å². The normalized spacial score (nSPS) is 14.7. The van der Waals surface area contributed by atoms with Crippen molar-refractivity contribution in [2.24, 2.45) is 0 Å². The van der Waals surface area contributed by atoms with E-state index in [-0.39, 0.29) is 0 Å². The number of aromatic nitrogens is 2. The second kappa shape index (κ2) is 6.23. The lowest BCUT2D eigenvalue weighted by Crippen LogP contribution is -2.19. The molecule has 3 heteroatoms. The largest absolute Gasteiger partial charge is 0.331 e. The molecule has 1 fully saturated rings. The molecule has 0 bridgehead atoms. The van der Waals surface area contributed by atoms with Crippen molar-refractivity contribution in [1.82, 2.24) is 14.9 Å². The molecule has 1 aromatic heterocycles. The zero-order valence-corrected chi connectivity index (χ0v) is 12.2. The van der Waals surface area contributed by atoms with Crippen molar-refractivity contribution in [1.29, 1.82) is 0 Å². The fourth-order valence-corrected chi connectivity index (χ4v) is 2.51. The van der Waals surface area contributed by atoms with Gasteiger partial charge < -0.3 is 9.88 Å². The summed E-state index contributed by atoms with van der Waals surface area (Å²) in [5, 5.41) is 3.56. The molecule has 1 aromatic carbocycles. The van der Waals surface area contributed by atoms with Gasteiger partial charge in [-0.3, -0.25) is 0 Å². The van der Waals surface area contributed by atoms with Gasteiger partial charge in [-0.05, 0) is 36.9 Å². The van der Waals surface area contributed by atoms with Gasteiger partial charge in [0.25, 0.3) is 0 Å². The molecule has 3 rings (SSSR count). The first-order valence-electron chi connectivity index (χ1n) is 7.66. The van der Waals surface area contributed by atoms with Crippen LogP contribution in [0.4, 0.5) is 0 Å². The topological polar surface area (TPSA) is 29.9 Å². The van der Waals surface area contributed by atoms with E-state index in [4.69, 9.17) is 0 Å². The lowest BCUT2D eigenvalue weighted by atomic mass is 10.1. The molecule has 0 spiro atoms. The minimum atomic E-state index is 0.808. The van der Waals surface area contributed by atoms with E-state index in [9.17, 15) is 0 Å². The zero-order chi connectivity index (χ0) is 13.8. The lowest BCUT2D eigenvalue weighted by Gasteiger charge is -2.08. The van der Waals surface area contributed by atoms with Crippen molar-refractivity contribution in [3.63, 3.8) is 0 Å². The molecule has 1 heterocycles. The maximum Gasteiger partial charge on any atom is 0.108 e. The highest BCUT2D eigenvalue weighted by molar-refractivity contribution is 5.23. The van der Waals surface area contributed by atoms with Gasteiger partial charge in [-0.2, -0.15) is 0 Å². The molecule has 1 aliphatic carbocycles. The molecular weight excluding hydrogens is 246 g/mol. The first kappa shape index (κ1) is 13.4. The fraction of sp³-hybridized carbons (Fsp3) is 0.471. The third kappa shape index (κ3) is 3.48. The summed E-state index contributed by atoms with van der Waals surface area (Å²) >= 11 is 0. The van der Waals surface area contributed by atoms with Crippen LogP contribution in [0.3, 0.4) is 0 Å². The highest BCUT2D eigenvalue weighted by atomic mass is 15.1. The SMILES string of the molecule is CCc1nccn1Cc1ccc(CCNC2CC2)cc1. The molecule has 20 heavy (non-hydrogen) atoms. The highest BCUT2D eigenvalue weighted by Crippen LogP contribution is 2.18. The second-order valence-electron chi connectivity index (χ2n) is 5.62. The van der Waals surface area contributed by atoms with Crippen LogP contribution in [0, 0.1) is 0 Å². The van der Waals surface area contributed by atoms with Crippen LogP contribution in [0.1, 0.15) is 36.7 Å². The van der Waals surface area contributed by atoms with E-state index < -0.39 is 0 Å². The summed E-state index contributed by atoms with van der Waals surface area (Å²) < 4.78 is 2.23. The summed E-state index contributed by atoms with van der Waals surface area (Å²) in [5.41, 5.74) is 2.76. The maximum absolute atomic E-state index is 4.37. The minimum Gasteiger partial charge on any atom is -0.331 e. The number of nitrogens with zero attached hydrogens (tertiary/aromatic N) is 2. The number of hydrogen-bond donors (Lipinski definition) is 1. The monoisotopic (exact) mass is 269 g/mol. The van der Waals surface area contributed by atoms with E-state index >= 15 is 0 Å². The Hall–Kier alpha value is -1.61. The van der Waals surface area contributed by atoms with Crippen molar-refractivity contribution >= 4 is 0 Å². The average Bonchev–Trinajstić information content (AvgIpc) is 3.19. The highest BCUT2D eigenvalue weighted by Gasteiger charge is 2.19. The van der Waals surface area contributed by atoms with Crippen molar-refractivity contribution in [3.8, 4) is 0 Å². The van der Waals surface area contributed by atoms with Crippen LogP contribution < -0.4 is 5.32 Å². The average molecular weight is 269 g/mol. The van der Waals surface area contributed by atoms with Gasteiger partial charge in [0.15, 0.2) is 0 Å². The van der Waals surface area contributed by atoms with Crippen molar-refractivity contribution in [2.75, 3.05) is 6.54 Å². The predicted molar refractivity (Wildman–Crippen MR) is 81.9 cm³/mol. The van der Waals surface area contributed by atoms with Crippen LogP contribution in [0.25, 0.3) is 0 Å². The van der Waals surface area contributed by atoms with E-state index in [1.165, 1.54) is 24.0 Å². The molecule has 3 nitrogen and oxygen atoms in total. The van der Waals surface area contributed by atoms with Crippen LogP contribution in [0.5, 0.6) is 0 Å². The van der Waals surface area contributed by atoms with Gasteiger partial charge in [0.1, 0.15) is 5.82 Å². The van der Waals surface area contributed by atoms with E-state index in [0.29, 0.717) is 0 Å². The molecule has 1 saturated carbocycles. The van der Waals surface area contributed by atoms with Gasteiger partial charge in [-0.15, -0.1) is 0 Å². The van der Waals surface area contributed by atoms with Gasteiger partial charge in [0, 0.05) is 31.4 Å². The smallest absolute Gasteiger partial charge is 0.108 e. The minimum absolute atomic E-state index is 0.808. The standard InChI is InChI=1S/C17H23N3/c1-2-17-19-11-12-20(17)13-15-5-3-14(4-6-15)9-10-18-16-7-8-16/h3-6,11-12,16,18H,2,7-10,13H2,1H3. The van der Waals surface area contributed by atoms with Crippen LogP contribution in [0.15, 0.2) is 36.7 Å². The molecule has 1 N–H and O–H groups in total. The molecule has 0 unspecified atom stereocenters. The number of nitrogens with one attached hydrogen (secondary N) is 1. The Morgan fingerprint density at radius 3 is 2.65 bits per heavy atom. The van der Waals surface area contributed by atoms with Gasteiger partial charge in [-0.1, -0.05) is 31.2 Å². The van der Waals surface area contributed by atoms with Crippen LogP contribution >= 0.6 is 0 Å². The molecule has 2 aromatic rings. The van der Waals surface area contributed by atoms with Gasteiger partial charge >= 0.3 is 0 Å². The van der Waals surface area contributed by atoms with Gasteiger partial charge in [0.05, 0.1) is 0 Å². The van der Waals surface area contributed by atoms with E-state index in [0.717, 1.165) is 37.8 Å². The predicted octanol–water partition coefficient (Wildman–Crippen LogP) is 2.79. The Morgan fingerprint density at radius 2 is 1.95 bits per heavy atom. The zero-order valence-electron chi connectivity index (χ0n) is 12.2. The molecule has 106 valence electrons. The summed E-state index contributed by atoms with van der Waals surface area (Å²) in [6.07, 6.45) is 8.79. The molecule has 0 aliphatic heterocycles. The van der Waals surface area contributed by atoms with Crippen LogP contribution in [0.2, 0.25) is 0 Å². The lowest BCUT2D eigenvalue weighted by molar-refractivity contribution is 0.681. The van der Waals surface area contributed by atoms with E-state index in [1.807, 2.05) is 6.20 Å². The number of aryl methyl sites for hydroxylation is 1. The van der Waals surface area contributed by atoms with Crippen molar-refractivity contribution in [3.05, 3.63) is 53.6 Å². The molecule has 0 saturated heterocycles. The van der Waals surface area contributed by atoms with Crippen LogP contribution in [-0.4, -0.2) is 22.1 Å². The molecule has 0 radical (unpaired) electrons. The Labute approximate surface area is 121 Å². The summed E-state index contributed by atoms with van der Waals surface area (Å²) in [7, 11) is 0. The maximum atomic E-state index is 4.37. The molecule has 0 amide bonds. The Balaban J connectivity index is 1.55. The summed E-state index contributed by atoms with van der Waals surface area (Å²) in [6.45, 7) is 4.17. The van der Waals surface area contributed by atoms with E-state index in [1.54, 1.807) is 0 Å². The Kier molecular flexibility index (Phi) is 4.16. The molecular formula is C17H23N3. The fourth-order valence-electron chi connectivity index (χ4n) is 2.51.